The highest BCUT2D eigenvalue weighted by Gasteiger charge is 2.60. The Bertz CT molecular complexity index is 705. The van der Waals surface area contributed by atoms with Gasteiger partial charge in [0.15, 0.2) is 0 Å². The molecule has 5 heteroatoms. The van der Waals surface area contributed by atoms with Crippen molar-refractivity contribution in [1.29, 1.82) is 0 Å². The number of fused-ring (bicyclic) bond motifs is 1. The maximum atomic E-state index is 12.3. The van der Waals surface area contributed by atoms with Crippen molar-refractivity contribution in [3.63, 3.8) is 0 Å². The van der Waals surface area contributed by atoms with Gasteiger partial charge in [-0.3, -0.25) is 0 Å². The summed E-state index contributed by atoms with van der Waals surface area (Å²) in [5, 5.41) is 4.26. The minimum absolute atomic E-state index is 0.260. The van der Waals surface area contributed by atoms with Gasteiger partial charge in [-0.05, 0) is 55.1 Å². The Balaban J connectivity index is 1.74. The summed E-state index contributed by atoms with van der Waals surface area (Å²) >= 11 is 0. The maximum absolute atomic E-state index is 12.3. The molecular formula is C17H24N2O2S. The van der Waals surface area contributed by atoms with Gasteiger partial charge in [-0.1, -0.05) is 38.5 Å². The molecule has 0 heterocycles. The monoisotopic (exact) mass is 320 g/mol. The second kappa shape index (κ2) is 5.08. The summed E-state index contributed by atoms with van der Waals surface area (Å²) in [6.07, 6.45) is 2.03. The first kappa shape index (κ1) is 15.5. The molecule has 2 aliphatic carbocycles. The van der Waals surface area contributed by atoms with Crippen molar-refractivity contribution >= 4 is 15.7 Å². The number of rotatable bonds is 3. The van der Waals surface area contributed by atoms with Crippen molar-refractivity contribution in [3.8, 4) is 0 Å². The van der Waals surface area contributed by atoms with Crippen molar-refractivity contribution < 1.29 is 8.42 Å². The Morgan fingerprint density at radius 2 is 1.82 bits per heavy atom. The zero-order valence-corrected chi connectivity index (χ0v) is 14.4. The topological polar surface area (TPSA) is 58.5 Å². The van der Waals surface area contributed by atoms with E-state index < -0.39 is 10.0 Å². The fraction of sp³-hybridized carbons (Fsp3) is 0.588. The summed E-state index contributed by atoms with van der Waals surface area (Å²) in [6, 6.07) is 6.81. The van der Waals surface area contributed by atoms with Crippen LogP contribution in [-0.2, 0) is 10.0 Å². The van der Waals surface area contributed by atoms with Gasteiger partial charge in [0.1, 0.15) is 0 Å². The van der Waals surface area contributed by atoms with Gasteiger partial charge in [-0.25, -0.2) is 4.83 Å². The second-order valence-corrected chi connectivity index (χ2v) is 9.05. The largest absolute Gasteiger partial charge is 0.276 e. The number of hydrazone groups is 1. The molecular weight excluding hydrogens is 296 g/mol. The number of hydrogen-bond donors (Lipinski definition) is 1. The first-order chi connectivity index (χ1) is 10.2. The molecule has 2 saturated carbocycles. The predicted octanol–water partition coefficient (Wildman–Crippen LogP) is 3.33. The molecule has 0 aromatic heterocycles. The van der Waals surface area contributed by atoms with Gasteiger partial charge in [-0.15, -0.1) is 0 Å². The summed E-state index contributed by atoms with van der Waals surface area (Å²) in [5.41, 5.74) is 2.41. The molecule has 2 aliphatic rings. The van der Waals surface area contributed by atoms with Crippen molar-refractivity contribution in [3.05, 3.63) is 29.8 Å². The third kappa shape index (κ3) is 2.67. The van der Waals surface area contributed by atoms with Crippen LogP contribution in [0.25, 0.3) is 0 Å². The van der Waals surface area contributed by atoms with E-state index in [2.05, 4.69) is 30.7 Å². The van der Waals surface area contributed by atoms with Crippen molar-refractivity contribution in [2.24, 2.45) is 28.3 Å². The van der Waals surface area contributed by atoms with Crippen LogP contribution in [0.3, 0.4) is 0 Å². The normalized spacial score (nSPS) is 31.6. The van der Waals surface area contributed by atoms with Gasteiger partial charge in [0, 0.05) is 5.71 Å². The molecule has 2 fully saturated rings. The van der Waals surface area contributed by atoms with E-state index in [-0.39, 0.29) is 4.90 Å². The highest BCUT2D eigenvalue weighted by molar-refractivity contribution is 7.89. The van der Waals surface area contributed by atoms with Crippen LogP contribution in [0.2, 0.25) is 0 Å². The lowest BCUT2D eigenvalue weighted by Gasteiger charge is -2.19. The zero-order valence-electron chi connectivity index (χ0n) is 13.6. The second-order valence-electron chi connectivity index (χ2n) is 7.39. The van der Waals surface area contributed by atoms with E-state index in [1.54, 1.807) is 24.3 Å². The molecule has 3 rings (SSSR count). The van der Waals surface area contributed by atoms with Crippen molar-refractivity contribution in [2.75, 3.05) is 0 Å². The lowest BCUT2D eigenvalue weighted by Crippen LogP contribution is -2.25. The fourth-order valence-electron chi connectivity index (χ4n) is 3.72. The van der Waals surface area contributed by atoms with Gasteiger partial charge >= 0.3 is 0 Å². The molecule has 0 aliphatic heterocycles. The van der Waals surface area contributed by atoms with E-state index in [4.69, 9.17) is 0 Å². The van der Waals surface area contributed by atoms with Gasteiger partial charge < -0.3 is 0 Å². The minimum Gasteiger partial charge on any atom is -0.200 e. The minimum atomic E-state index is -3.57. The predicted molar refractivity (Wildman–Crippen MR) is 88.1 cm³/mol. The molecule has 3 atom stereocenters. The Hall–Kier alpha value is -1.36. The molecule has 0 saturated heterocycles. The number of aryl methyl sites for hydroxylation is 1. The highest BCUT2D eigenvalue weighted by atomic mass is 32.2. The summed E-state index contributed by atoms with van der Waals surface area (Å²) in [6.45, 7) is 8.67. The van der Waals surface area contributed by atoms with Crippen LogP contribution in [0.5, 0.6) is 0 Å². The SMILES string of the molecule is Cc1ccc(S(=O)(=O)N/N=C2/C[C@H]3[C@@H](C[C@@H]2C)C3(C)C)cc1. The van der Waals surface area contributed by atoms with Crippen LogP contribution in [0.15, 0.2) is 34.3 Å². The summed E-state index contributed by atoms with van der Waals surface area (Å²) in [7, 11) is -3.57. The lowest BCUT2D eigenvalue weighted by atomic mass is 9.89. The third-order valence-corrected chi connectivity index (χ3v) is 6.76. The van der Waals surface area contributed by atoms with Gasteiger partial charge in [-0.2, -0.15) is 13.5 Å². The number of benzene rings is 1. The number of nitrogens with one attached hydrogen (secondary N) is 1. The molecule has 0 amide bonds. The molecule has 1 N–H and O–H groups in total. The molecule has 0 radical (unpaired) electrons. The molecule has 0 bridgehead atoms. The first-order valence-corrected chi connectivity index (χ1v) is 9.35. The number of nitrogens with zero attached hydrogens (tertiary/aromatic N) is 1. The van der Waals surface area contributed by atoms with E-state index in [1.807, 2.05) is 6.92 Å². The smallest absolute Gasteiger partial charge is 0.200 e. The van der Waals surface area contributed by atoms with Crippen molar-refractivity contribution in [2.45, 2.75) is 45.4 Å². The molecule has 4 nitrogen and oxygen atoms in total. The van der Waals surface area contributed by atoms with Crippen molar-refractivity contribution in [1.82, 2.24) is 4.83 Å². The highest BCUT2D eigenvalue weighted by Crippen LogP contribution is 2.65. The summed E-state index contributed by atoms with van der Waals surface area (Å²) in [5.74, 6) is 1.78. The molecule has 0 unspecified atom stereocenters. The fourth-order valence-corrected chi connectivity index (χ4v) is 4.56. The molecule has 0 spiro atoms. The van der Waals surface area contributed by atoms with Crippen LogP contribution in [-0.4, -0.2) is 14.1 Å². The zero-order chi connectivity index (χ0) is 16.1. The van der Waals surface area contributed by atoms with Crippen LogP contribution in [0.4, 0.5) is 0 Å². The van der Waals surface area contributed by atoms with Crippen LogP contribution in [0, 0.1) is 30.1 Å². The van der Waals surface area contributed by atoms with E-state index in [9.17, 15) is 8.42 Å². The van der Waals surface area contributed by atoms with Crippen LogP contribution in [0.1, 0.15) is 39.2 Å². The van der Waals surface area contributed by atoms with E-state index >= 15 is 0 Å². The van der Waals surface area contributed by atoms with Crippen LogP contribution < -0.4 is 4.83 Å². The standard InChI is InChI=1S/C17H24N2O2S/c1-11-5-7-13(8-6-11)22(20,21)19-18-16-10-15-14(9-12(16)2)17(15,3)4/h5-8,12,14-15,19H,9-10H2,1-4H3/b18-16-/t12-,14+,15-/m0/s1. The number of sulfonamides is 1. The maximum Gasteiger partial charge on any atom is 0.276 e. The molecule has 22 heavy (non-hydrogen) atoms. The van der Waals surface area contributed by atoms with E-state index in [1.165, 1.54) is 0 Å². The quantitative estimate of drug-likeness (QED) is 0.868. The average Bonchev–Trinajstić information content (AvgIpc) is 2.97. The number of hydrogen-bond acceptors (Lipinski definition) is 3. The lowest BCUT2D eigenvalue weighted by molar-refractivity contribution is 0.495. The average molecular weight is 320 g/mol. The van der Waals surface area contributed by atoms with Gasteiger partial charge in [0.25, 0.3) is 10.0 Å². The Morgan fingerprint density at radius 1 is 1.18 bits per heavy atom. The first-order valence-electron chi connectivity index (χ1n) is 7.87. The Kier molecular flexibility index (Phi) is 3.59. The van der Waals surface area contributed by atoms with Crippen LogP contribution >= 0.6 is 0 Å². The Morgan fingerprint density at radius 3 is 2.45 bits per heavy atom. The van der Waals surface area contributed by atoms with E-state index in [0.717, 1.165) is 30.0 Å². The van der Waals surface area contributed by atoms with Gasteiger partial charge in [0.2, 0.25) is 0 Å². The Labute approximate surface area is 133 Å². The molecule has 1 aromatic rings. The summed E-state index contributed by atoms with van der Waals surface area (Å²) in [4.78, 5) is 2.68. The summed E-state index contributed by atoms with van der Waals surface area (Å²) < 4.78 is 24.6. The van der Waals surface area contributed by atoms with E-state index in [0.29, 0.717) is 17.3 Å². The molecule has 1 aromatic carbocycles. The molecule has 120 valence electrons. The van der Waals surface area contributed by atoms with Gasteiger partial charge in [0.05, 0.1) is 4.90 Å². The third-order valence-electron chi connectivity index (χ3n) is 5.53.